The van der Waals surface area contributed by atoms with Crippen LogP contribution in [-0.4, -0.2) is 47.5 Å². The second-order valence-corrected chi connectivity index (χ2v) is 6.71. The summed E-state index contributed by atoms with van der Waals surface area (Å²) in [5.41, 5.74) is 2.01. The quantitative estimate of drug-likeness (QED) is 0.699. The van der Waals surface area contributed by atoms with Gasteiger partial charge < -0.3 is 9.80 Å². The van der Waals surface area contributed by atoms with Gasteiger partial charge in [0.15, 0.2) is 0 Å². The number of fused-ring (bicyclic) bond motifs is 1. The molecule has 138 valence electrons. The molecule has 1 fully saturated rings. The zero-order valence-electron chi connectivity index (χ0n) is 15.1. The Morgan fingerprint density at radius 1 is 0.963 bits per heavy atom. The number of para-hydroxylation sites is 1. The molecule has 0 saturated carbocycles. The van der Waals surface area contributed by atoms with Crippen LogP contribution in [0.15, 0.2) is 54.7 Å². The molecule has 0 atom stereocenters. The first-order chi connectivity index (χ1) is 13.0. The Hall–Kier alpha value is -3.15. The van der Waals surface area contributed by atoms with E-state index in [-0.39, 0.29) is 11.8 Å². The highest BCUT2D eigenvalue weighted by molar-refractivity contribution is 6.09. The Morgan fingerprint density at radius 2 is 1.67 bits per heavy atom. The second-order valence-electron chi connectivity index (χ2n) is 6.71. The Kier molecular flexibility index (Phi) is 4.39. The van der Waals surface area contributed by atoms with Gasteiger partial charge in [0.25, 0.3) is 5.91 Å². The number of hydrogen-bond donors (Lipinski definition) is 0. The van der Waals surface area contributed by atoms with Crippen molar-refractivity contribution in [2.75, 3.05) is 31.1 Å². The predicted molar refractivity (Wildman–Crippen MR) is 103 cm³/mol. The summed E-state index contributed by atoms with van der Waals surface area (Å²) in [7, 11) is 0. The molecule has 0 unspecified atom stereocenters. The average molecular weight is 365 g/mol. The van der Waals surface area contributed by atoms with Crippen molar-refractivity contribution in [1.82, 2.24) is 9.47 Å². The van der Waals surface area contributed by atoms with Crippen molar-refractivity contribution in [1.29, 1.82) is 0 Å². The van der Waals surface area contributed by atoms with Crippen LogP contribution in [0.5, 0.6) is 0 Å². The van der Waals surface area contributed by atoms with E-state index in [1.807, 2.05) is 18.2 Å². The lowest BCUT2D eigenvalue weighted by atomic mass is 10.1. The molecule has 2 aromatic carbocycles. The van der Waals surface area contributed by atoms with Gasteiger partial charge in [0, 0.05) is 50.4 Å². The molecule has 6 heteroatoms. The SMILES string of the molecule is CC(=O)n1cc(C(=O)N2CCN(c3ccccc3)CC2)c2ccc(F)cc21. The smallest absolute Gasteiger partial charge is 0.256 e. The van der Waals surface area contributed by atoms with Crippen molar-refractivity contribution in [3.63, 3.8) is 0 Å². The van der Waals surface area contributed by atoms with E-state index in [4.69, 9.17) is 0 Å². The van der Waals surface area contributed by atoms with Crippen molar-refractivity contribution in [2.24, 2.45) is 0 Å². The maximum Gasteiger partial charge on any atom is 0.256 e. The summed E-state index contributed by atoms with van der Waals surface area (Å²) in [5.74, 6) is -0.809. The molecule has 27 heavy (non-hydrogen) atoms. The lowest BCUT2D eigenvalue weighted by molar-refractivity contribution is 0.0748. The minimum absolute atomic E-state index is 0.126. The van der Waals surface area contributed by atoms with Gasteiger partial charge in [-0.05, 0) is 30.3 Å². The molecular formula is C21H20FN3O2. The zero-order chi connectivity index (χ0) is 19.0. The Labute approximate surface area is 156 Å². The van der Waals surface area contributed by atoms with Crippen LogP contribution in [-0.2, 0) is 0 Å². The van der Waals surface area contributed by atoms with E-state index in [1.165, 1.54) is 29.8 Å². The molecule has 0 radical (unpaired) electrons. The van der Waals surface area contributed by atoms with Crippen LogP contribution in [0.1, 0.15) is 22.1 Å². The van der Waals surface area contributed by atoms with Gasteiger partial charge in [-0.3, -0.25) is 14.2 Å². The van der Waals surface area contributed by atoms with Crippen molar-refractivity contribution < 1.29 is 14.0 Å². The van der Waals surface area contributed by atoms with Gasteiger partial charge in [-0.2, -0.15) is 0 Å². The minimum Gasteiger partial charge on any atom is -0.368 e. The second kappa shape index (κ2) is 6.87. The fourth-order valence-electron chi connectivity index (χ4n) is 3.61. The highest BCUT2D eigenvalue weighted by Crippen LogP contribution is 2.25. The number of carbonyl (C=O) groups excluding carboxylic acids is 2. The number of amides is 1. The Bertz CT molecular complexity index is 1000. The number of piperazine rings is 1. The van der Waals surface area contributed by atoms with Crippen LogP contribution < -0.4 is 4.90 Å². The van der Waals surface area contributed by atoms with Gasteiger partial charge in [0.2, 0.25) is 5.91 Å². The molecule has 0 aliphatic carbocycles. The molecule has 4 rings (SSSR count). The van der Waals surface area contributed by atoms with E-state index >= 15 is 0 Å². The number of nitrogens with zero attached hydrogens (tertiary/aromatic N) is 3. The summed E-state index contributed by atoms with van der Waals surface area (Å²) in [5, 5.41) is 0.599. The number of halogens is 1. The minimum atomic E-state index is -0.432. The first-order valence-electron chi connectivity index (χ1n) is 8.95. The largest absolute Gasteiger partial charge is 0.368 e. The summed E-state index contributed by atoms with van der Waals surface area (Å²) in [6.45, 7) is 4.09. The normalized spacial score (nSPS) is 14.6. The molecule has 1 aliphatic rings. The summed E-state index contributed by atoms with van der Waals surface area (Å²) in [6.07, 6.45) is 1.53. The van der Waals surface area contributed by atoms with Crippen LogP contribution in [0.25, 0.3) is 10.9 Å². The number of rotatable bonds is 2. The highest BCUT2D eigenvalue weighted by Gasteiger charge is 2.25. The maximum absolute atomic E-state index is 13.6. The number of benzene rings is 2. The molecule has 0 bridgehead atoms. The van der Waals surface area contributed by atoms with Crippen LogP contribution in [0.3, 0.4) is 0 Å². The number of hydrogen-bond acceptors (Lipinski definition) is 3. The lowest BCUT2D eigenvalue weighted by Gasteiger charge is -2.36. The molecule has 1 amide bonds. The Morgan fingerprint density at radius 3 is 2.33 bits per heavy atom. The first kappa shape index (κ1) is 17.3. The predicted octanol–water partition coefficient (Wildman–Crippen LogP) is 3.40. The van der Waals surface area contributed by atoms with Crippen LogP contribution in [0.4, 0.5) is 10.1 Å². The van der Waals surface area contributed by atoms with E-state index in [2.05, 4.69) is 17.0 Å². The van der Waals surface area contributed by atoms with Crippen LogP contribution in [0.2, 0.25) is 0 Å². The third kappa shape index (κ3) is 3.18. The van der Waals surface area contributed by atoms with E-state index < -0.39 is 5.82 Å². The monoisotopic (exact) mass is 365 g/mol. The van der Waals surface area contributed by atoms with Gasteiger partial charge in [-0.15, -0.1) is 0 Å². The van der Waals surface area contributed by atoms with E-state index in [0.29, 0.717) is 29.6 Å². The number of carbonyl (C=O) groups is 2. The molecule has 5 nitrogen and oxygen atoms in total. The molecule has 0 spiro atoms. The number of aromatic nitrogens is 1. The summed E-state index contributed by atoms with van der Waals surface area (Å²) in [4.78, 5) is 29.0. The fraction of sp³-hybridized carbons (Fsp3) is 0.238. The summed E-state index contributed by atoms with van der Waals surface area (Å²) >= 11 is 0. The van der Waals surface area contributed by atoms with Crippen molar-refractivity contribution in [3.8, 4) is 0 Å². The van der Waals surface area contributed by atoms with E-state index in [9.17, 15) is 14.0 Å². The fourth-order valence-corrected chi connectivity index (χ4v) is 3.61. The molecule has 1 saturated heterocycles. The number of anilines is 1. The lowest BCUT2D eigenvalue weighted by Crippen LogP contribution is -2.48. The van der Waals surface area contributed by atoms with Gasteiger partial charge in [0.05, 0.1) is 11.1 Å². The summed E-state index contributed by atoms with van der Waals surface area (Å²) < 4.78 is 15.0. The van der Waals surface area contributed by atoms with E-state index in [1.54, 1.807) is 11.0 Å². The van der Waals surface area contributed by atoms with Crippen LogP contribution >= 0.6 is 0 Å². The van der Waals surface area contributed by atoms with Crippen molar-refractivity contribution in [2.45, 2.75) is 6.92 Å². The van der Waals surface area contributed by atoms with Crippen molar-refractivity contribution in [3.05, 3.63) is 66.1 Å². The average Bonchev–Trinajstić information content (AvgIpc) is 3.07. The molecule has 1 aliphatic heterocycles. The van der Waals surface area contributed by atoms with Gasteiger partial charge in [-0.1, -0.05) is 18.2 Å². The molecule has 1 aromatic heterocycles. The third-order valence-corrected chi connectivity index (χ3v) is 5.03. The van der Waals surface area contributed by atoms with E-state index in [0.717, 1.165) is 18.8 Å². The van der Waals surface area contributed by atoms with Gasteiger partial charge >= 0.3 is 0 Å². The highest BCUT2D eigenvalue weighted by atomic mass is 19.1. The molecule has 3 aromatic rings. The summed E-state index contributed by atoms with van der Waals surface area (Å²) in [6, 6.07) is 14.3. The van der Waals surface area contributed by atoms with Crippen molar-refractivity contribution >= 4 is 28.4 Å². The van der Waals surface area contributed by atoms with Gasteiger partial charge in [0.1, 0.15) is 5.82 Å². The van der Waals surface area contributed by atoms with Crippen LogP contribution in [0, 0.1) is 5.82 Å². The first-order valence-corrected chi connectivity index (χ1v) is 8.95. The topological polar surface area (TPSA) is 45.6 Å². The maximum atomic E-state index is 13.6. The Balaban J connectivity index is 1.58. The zero-order valence-corrected chi connectivity index (χ0v) is 15.1. The van der Waals surface area contributed by atoms with Gasteiger partial charge in [-0.25, -0.2) is 4.39 Å². The molecule has 2 heterocycles. The molecular weight excluding hydrogens is 345 g/mol. The third-order valence-electron chi connectivity index (χ3n) is 5.03. The standard InChI is InChI=1S/C21H20FN3O2/c1-15(26)25-14-19(18-8-7-16(22)13-20(18)25)21(27)24-11-9-23(10-12-24)17-5-3-2-4-6-17/h2-8,13-14H,9-12H2,1H3. The molecule has 0 N–H and O–H groups in total.